The van der Waals surface area contributed by atoms with Gasteiger partial charge < -0.3 is 5.73 Å². The monoisotopic (exact) mass is 285 g/mol. The Morgan fingerprint density at radius 1 is 1.26 bits per heavy atom. The fourth-order valence-electron chi connectivity index (χ4n) is 1.52. The lowest BCUT2D eigenvalue weighted by atomic mass is 10.1. The maximum absolute atomic E-state index is 12.2. The second-order valence-electron chi connectivity index (χ2n) is 5.23. The van der Waals surface area contributed by atoms with Gasteiger partial charge in [0.1, 0.15) is 0 Å². The first-order valence-corrected chi connectivity index (χ1v) is 7.76. The average molecular weight is 285 g/mol. The molecule has 19 heavy (non-hydrogen) atoms. The standard InChI is InChI=1S/C13H23N3O2S/c1-4-16(10-12-8-6-5-7-9-12)19(17,18)15-11-13(2,3)14/h5-9,15H,4,10-11,14H2,1-3H3. The SMILES string of the molecule is CCN(Cc1ccccc1)S(=O)(=O)NCC(C)(C)N. The second-order valence-corrected chi connectivity index (χ2v) is 6.98. The van der Waals surface area contributed by atoms with Crippen molar-refractivity contribution in [2.45, 2.75) is 32.9 Å². The molecule has 0 aromatic heterocycles. The number of rotatable bonds is 7. The molecular formula is C13H23N3O2S. The lowest BCUT2D eigenvalue weighted by molar-refractivity contribution is 0.404. The zero-order valence-corrected chi connectivity index (χ0v) is 12.6. The molecule has 0 aliphatic heterocycles. The third-order valence-electron chi connectivity index (χ3n) is 2.60. The van der Waals surface area contributed by atoms with Gasteiger partial charge in [0.05, 0.1) is 0 Å². The van der Waals surface area contributed by atoms with Crippen LogP contribution >= 0.6 is 0 Å². The molecule has 0 amide bonds. The van der Waals surface area contributed by atoms with Crippen molar-refractivity contribution in [3.8, 4) is 0 Å². The lowest BCUT2D eigenvalue weighted by Gasteiger charge is -2.24. The third kappa shape index (κ3) is 5.69. The van der Waals surface area contributed by atoms with Crippen molar-refractivity contribution in [1.29, 1.82) is 0 Å². The van der Waals surface area contributed by atoms with E-state index in [1.165, 1.54) is 4.31 Å². The van der Waals surface area contributed by atoms with Gasteiger partial charge in [0.15, 0.2) is 0 Å². The van der Waals surface area contributed by atoms with Gasteiger partial charge in [-0.05, 0) is 19.4 Å². The largest absolute Gasteiger partial charge is 0.324 e. The Morgan fingerprint density at radius 3 is 2.32 bits per heavy atom. The highest BCUT2D eigenvalue weighted by atomic mass is 32.2. The summed E-state index contributed by atoms with van der Waals surface area (Å²) < 4.78 is 28.3. The fraction of sp³-hybridized carbons (Fsp3) is 0.538. The summed E-state index contributed by atoms with van der Waals surface area (Å²) in [4.78, 5) is 0. The maximum Gasteiger partial charge on any atom is 0.279 e. The quantitative estimate of drug-likeness (QED) is 0.787. The first-order chi connectivity index (χ1) is 8.74. The summed E-state index contributed by atoms with van der Waals surface area (Å²) in [6.45, 7) is 6.36. The van der Waals surface area contributed by atoms with Crippen LogP contribution in [0.5, 0.6) is 0 Å². The number of hydrogen-bond acceptors (Lipinski definition) is 3. The summed E-state index contributed by atoms with van der Waals surface area (Å²) in [5, 5.41) is 0. The van der Waals surface area contributed by atoms with Crippen molar-refractivity contribution in [3.05, 3.63) is 35.9 Å². The van der Waals surface area contributed by atoms with Gasteiger partial charge in [-0.15, -0.1) is 0 Å². The summed E-state index contributed by atoms with van der Waals surface area (Å²) in [5.74, 6) is 0. The molecule has 0 saturated carbocycles. The molecule has 0 heterocycles. The molecule has 0 unspecified atom stereocenters. The molecule has 0 fully saturated rings. The van der Waals surface area contributed by atoms with E-state index in [0.29, 0.717) is 13.1 Å². The molecular weight excluding hydrogens is 262 g/mol. The molecule has 1 aromatic rings. The summed E-state index contributed by atoms with van der Waals surface area (Å²) in [7, 11) is -3.50. The molecule has 108 valence electrons. The smallest absolute Gasteiger partial charge is 0.279 e. The Labute approximate surface area is 116 Å². The third-order valence-corrected chi connectivity index (χ3v) is 4.18. The Balaban J connectivity index is 2.73. The van der Waals surface area contributed by atoms with Gasteiger partial charge in [-0.25, -0.2) is 4.72 Å². The van der Waals surface area contributed by atoms with E-state index in [1.54, 1.807) is 13.8 Å². The molecule has 0 aliphatic carbocycles. The molecule has 0 saturated heterocycles. The second kappa shape index (κ2) is 6.47. The van der Waals surface area contributed by atoms with Gasteiger partial charge in [0.25, 0.3) is 10.2 Å². The highest BCUT2D eigenvalue weighted by Gasteiger charge is 2.22. The fourth-order valence-corrected chi connectivity index (χ4v) is 2.92. The number of hydrogen-bond donors (Lipinski definition) is 2. The van der Waals surface area contributed by atoms with Gasteiger partial charge in [-0.2, -0.15) is 12.7 Å². The first-order valence-electron chi connectivity index (χ1n) is 6.32. The summed E-state index contributed by atoms with van der Waals surface area (Å²) in [6.07, 6.45) is 0. The van der Waals surface area contributed by atoms with E-state index in [0.717, 1.165) is 5.56 Å². The minimum atomic E-state index is -3.50. The number of nitrogens with two attached hydrogens (primary N) is 1. The predicted molar refractivity (Wildman–Crippen MR) is 77.7 cm³/mol. The summed E-state index contributed by atoms with van der Waals surface area (Å²) >= 11 is 0. The maximum atomic E-state index is 12.2. The Bertz CT molecular complexity index is 480. The van der Waals surface area contributed by atoms with E-state index >= 15 is 0 Å². The highest BCUT2D eigenvalue weighted by Crippen LogP contribution is 2.08. The molecule has 0 aliphatic rings. The van der Waals surface area contributed by atoms with Crippen molar-refractivity contribution in [2.24, 2.45) is 5.73 Å². The zero-order valence-electron chi connectivity index (χ0n) is 11.8. The molecule has 1 aromatic carbocycles. The molecule has 0 atom stereocenters. The average Bonchev–Trinajstić information content (AvgIpc) is 2.34. The van der Waals surface area contributed by atoms with Crippen molar-refractivity contribution in [3.63, 3.8) is 0 Å². The van der Waals surface area contributed by atoms with E-state index in [2.05, 4.69) is 4.72 Å². The number of nitrogens with zero attached hydrogens (tertiary/aromatic N) is 1. The Hall–Kier alpha value is -0.950. The lowest BCUT2D eigenvalue weighted by Crippen LogP contribution is -2.49. The molecule has 6 heteroatoms. The van der Waals surface area contributed by atoms with Crippen LogP contribution < -0.4 is 10.5 Å². The Kier molecular flexibility index (Phi) is 5.49. The summed E-state index contributed by atoms with van der Waals surface area (Å²) in [5.41, 5.74) is 6.18. The predicted octanol–water partition coefficient (Wildman–Crippen LogP) is 1.08. The molecule has 0 spiro atoms. The summed E-state index contributed by atoms with van der Waals surface area (Å²) in [6, 6.07) is 9.51. The van der Waals surface area contributed by atoms with Crippen molar-refractivity contribution >= 4 is 10.2 Å². The molecule has 1 rings (SSSR count). The first kappa shape index (κ1) is 16.1. The van der Waals surface area contributed by atoms with Crippen LogP contribution in [0.25, 0.3) is 0 Å². The molecule has 3 N–H and O–H groups in total. The van der Waals surface area contributed by atoms with Gasteiger partial charge in [0, 0.05) is 25.2 Å². The van der Waals surface area contributed by atoms with Gasteiger partial charge >= 0.3 is 0 Å². The van der Waals surface area contributed by atoms with Crippen LogP contribution in [0.4, 0.5) is 0 Å². The van der Waals surface area contributed by atoms with E-state index in [4.69, 9.17) is 5.73 Å². The Morgan fingerprint density at radius 2 is 1.84 bits per heavy atom. The highest BCUT2D eigenvalue weighted by molar-refractivity contribution is 7.87. The minimum Gasteiger partial charge on any atom is -0.324 e. The topological polar surface area (TPSA) is 75.4 Å². The molecule has 0 bridgehead atoms. The normalized spacial score (nSPS) is 12.9. The van der Waals surface area contributed by atoms with Crippen LogP contribution in [-0.4, -0.2) is 31.4 Å². The number of nitrogens with one attached hydrogen (secondary N) is 1. The van der Waals surface area contributed by atoms with E-state index in [9.17, 15) is 8.42 Å². The van der Waals surface area contributed by atoms with Crippen molar-refractivity contribution in [1.82, 2.24) is 9.03 Å². The van der Waals surface area contributed by atoms with Crippen molar-refractivity contribution in [2.75, 3.05) is 13.1 Å². The zero-order chi connectivity index (χ0) is 14.5. The molecule has 0 radical (unpaired) electrons. The van der Waals surface area contributed by atoms with E-state index in [1.807, 2.05) is 37.3 Å². The van der Waals surface area contributed by atoms with Crippen LogP contribution in [-0.2, 0) is 16.8 Å². The van der Waals surface area contributed by atoms with Crippen LogP contribution in [0.3, 0.4) is 0 Å². The van der Waals surface area contributed by atoms with Crippen LogP contribution in [0.1, 0.15) is 26.3 Å². The van der Waals surface area contributed by atoms with Gasteiger partial charge in [0.2, 0.25) is 0 Å². The van der Waals surface area contributed by atoms with E-state index < -0.39 is 15.7 Å². The molecule has 5 nitrogen and oxygen atoms in total. The minimum absolute atomic E-state index is 0.209. The number of benzene rings is 1. The van der Waals surface area contributed by atoms with Crippen LogP contribution in [0.2, 0.25) is 0 Å². The van der Waals surface area contributed by atoms with Gasteiger partial charge in [-0.1, -0.05) is 37.3 Å². The van der Waals surface area contributed by atoms with E-state index in [-0.39, 0.29) is 6.54 Å². The van der Waals surface area contributed by atoms with Crippen LogP contribution in [0, 0.1) is 0 Å². The van der Waals surface area contributed by atoms with Gasteiger partial charge in [-0.3, -0.25) is 0 Å². The van der Waals surface area contributed by atoms with Crippen molar-refractivity contribution < 1.29 is 8.42 Å². The van der Waals surface area contributed by atoms with Crippen LogP contribution in [0.15, 0.2) is 30.3 Å².